The highest BCUT2D eigenvalue weighted by Crippen LogP contribution is 2.39. The van der Waals surface area contributed by atoms with Gasteiger partial charge in [-0.3, -0.25) is 9.69 Å². The fourth-order valence-corrected chi connectivity index (χ4v) is 7.88. The molecule has 0 unspecified atom stereocenters. The van der Waals surface area contributed by atoms with Crippen molar-refractivity contribution in [3.63, 3.8) is 0 Å². The Bertz CT molecular complexity index is 960. The predicted molar refractivity (Wildman–Crippen MR) is 149 cm³/mol. The van der Waals surface area contributed by atoms with Crippen LogP contribution in [0.2, 0.25) is 0 Å². The second kappa shape index (κ2) is 12.7. The minimum atomic E-state index is -0.614. The Labute approximate surface area is 225 Å². The van der Waals surface area contributed by atoms with Gasteiger partial charge < -0.3 is 14.9 Å². The van der Waals surface area contributed by atoms with Crippen LogP contribution in [-0.4, -0.2) is 82.2 Å². The van der Waals surface area contributed by atoms with Crippen LogP contribution in [0.15, 0.2) is 35.3 Å². The van der Waals surface area contributed by atoms with E-state index in [-0.39, 0.29) is 6.04 Å². The first kappa shape index (κ1) is 26.6. The van der Waals surface area contributed by atoms with E-state index in [1.807, 2.05) is 18.5 Å². The highest BCUT2D eigenvalue weighted by molar-refractivity contribution is 7.08. The van der Waals surface area contributed by atoms with Crippen molar-refractivity contribution in [2.45, 2.75) is 76.3 Å². The number of rotatable bonds is 10. The zero-order chi connectivity index (χ0) is 25.6. The Morgan fingerprint density at radius 1 is 1.14 bits per heavy atom. The largest absolute Gasteiger partial charge is 0.480 e. The van der Waals surface area contributed by atoms with Crippen molar-refractivity contribution in [3.8, 4) is 0 Å². The fourth-order valence-electron chi connectivity index (χ4n) is 7.16. The van der Waals surface area contributed by atoms with Crippen molar-refractivity contribution in [2.24, 2.45) is 11.8 Å². The van der Waals surface area contributed by atoms with Crippen LogP contribution >= 0.6 is 11.3 Å². The first-order valence-corrected chi connectivity index (χ1v) is 15.3. The van der Waals surface area contributed by atoms with E-state index in [4.69, 9.17) is 0 Å². The monoisotopic (exact) mass is 525 g/mol. The number of nitrogens with zero attached hydrogens (tertiary/aromatic N) is 5. The maximum atomic E-state index is 12.5. The van der Waals surface area contributed by atoms with Crippen LogP contribution in [0.25, 0.3) is 0 Å². The van der Waals surface area contributed by atoms with Gasteiger partial charge in [0.2, 0.25) is 5.95 Å². The van der Waals surface area contributed by atoms with Crippen molar-refractivity contribution in [1.29, 1.82) is 0 Å². The zero-order valence-electron chi connectivity index (χ0n) is 22.3. The number of aromatic nitrogens is 2. The number of thiophene rings is 1. The molecule has 0 aromatic carbocycles. The summed E-state index contributed by atoms with van der Waals surface area (Å²) < 4.78 is 0. The number of carbonyl (C=O) groups is 1. The first-order valence-electron chi connectivity index (χ1n) is 14.4. The van der Waals surface area contributed by atoms with E-state index in [2.05, 4.69) is 48.4 Å². The highest BCUT2D eigenvalue weighted by atomic mass is 32.1. The molecule has 3 fully saturated rings. The highest BCUT2D eigenvalue weighted by Gasteiger charge is 2.43. The van der Waals surface area contributed by atoms with Gasteiger partial charge in [0.05, 0.1) is 0 Å². The number of anilines is 1. The molecule has 202 valence electrons. The molecule has 7 nitrogen and oxygen atoms in total. The molecule has 1 N–H and O–H groups in total. The van der Waals surface area contributed by atoms with E-state index in [1.165, 1.54) is 24.8 Å². The predicted octanol–water partition coefficient (Wildman–Crippen LogP) is 4.97. The van der Waals surface area contributed by atoms with E-state index >= 15 is 0 Å². The average molecular weight is 526 g/mol. The van der Waals surface area contributed by atoms with Crippen LogP contribution in [0.1, 0.15) is 69.8 Å². The van der Waals surface area contributed by atoms with Gasteiger partial charge in [-0.15, -0.1) is 0 Å². The van der Waals surface area contributed by atoms with Gasteiger partial charge in [-0.2, -0.15) is 11.3 Å². The zero-order valence-corrected chi connectivity index (χ0v) is 23.1. The average Bonchev–Trinajstić information content (AvgIpc) is 3.59. The summed E-state index contributed by atoms with van der Waals surface area (Å²) in [7, 11) is 0. The lowest BCUT2D eigenvalue weighted by Crippen LogP contribution is -2.48. The van der Waals surface area contributed by atoms with Crippen molar-refractivity contribution in [2.75, 3.05) is 44.2 Å². The third kappa shape index (κ3) is 6.35. The second-order valence-corrected chi connectivity index (χ2v) is 12.1. The van der Waals surface area contributed by atoms with Crippen molar-refractivity contribution >= 4 is 23.3 Å². The molecule has 2 aromatic heterocycles. The molecule has 2 aromatic rings. The summed E-state index contributed by atoms with van der Waals surface area (Å²) in [4.78, 5) is 28.9. The molecule has 37 heavy (non-hydrogen) atoms. The summed E-state index contributed by atoms with van der Waals surface area (Å²) in [5.41, 5.74) is 1.40. The fraction of sp³-hybridized carbons (Fsp3) is 0.690. The summed E-state index contributed by atoms with van der Waals surface area (Å²) in [6.07, 6.45) is 12.8. The Hall–Kier alpha value is -2.03. The Morgan fingerprint density at radius 2 is 1.89 bits per heavy atom. The first-order chi connectivity index (χ1) is 18.1. The second-order valence-electron chi connectivity index (χ2n) is 11.3. The number of hydrogen-bond donors (Lipinski definition) is 1. The molecule has 0 amide bonds. The summed E-state index contributed by atoms with van der Waals surface area (Å²) in [6.45, 7) is 8.19. The number of hydrogen-bond acceptors (Lipinski definition) is 7. The number of likely N-dealkylation sites (tertiary alicyclic amines) is 2. The van der Waals surface area contributed by atoms with Crippen LogP contribution in [-0.2, 0) is 4.79 Å². The number of carboxylic acid groups (broad SMARTS) is 1. The van der Waals surface area contributed by atoms with Crippen molar-refractivity contribution < 1.29 is 9.90 Å². The van der Waals surface area contributed by atoms with E-state index in [0.717, 1.165) is 77.3 Å². The molecule has 5 rings (SSSR count). The molecule has 3 aliphatic rings. The van der Waals surface area contributed by atoms with Gasteiger partial charge in [0.1, 0.15) is 6.04 Å². The van der Waals surface area contributed by atoms with E-state index in [0.29, 0.717) is 23.8 Å². The molecule has 0 spiro atoms. The van der Waals surface area contributed by atoms with Gasteiger partial charge >= 0.3 is 5.97 Å². The lowest BCUT2D eigenvalue weighted by molar-refractivity contribution is -0.145. The van der Waals surface area contributed by atoms with Gasteiger partial charge in [-0.05, 0) is 72.4 Å². The maximum absolute atomic E-state index is 12.5. The van der Waals surface area contributed by atoms with Crippen molar-refractivity contribution in [3.05, 3.63) is 40.8 Å². The lowest BCUT2D eigenvalue weighted by atomic mass is 9.83. The Kier molecular flexibility index (Phi) is 9.10. The quantitative estimate of drug-likeness (QED) is 0.470. The molecule has 8 heteroatoms. The lowest BCUT2D eigenvalue weighted by Gasteiger charge is -2.39. The van der Waals surface area contributed by atoms with E-state index < -0.39 is 5.97 Å². The number of aliphatic carboxylic acids is 1. The molecule has 4 heterocycles. The Balaban J connectivity index is 1.24. The van der Waals surface area contributed by atoms with Gasteiger partial charge in [-0.1, -0.05) is 26.2 Å². The molecular weight excluding hydrogens is 482 g/mol. The summed E-state index contributed by atoms with van der Waals surface area (Å²) in [5, 5.41) is 14.7. The number of carboxylic acids is 1. The van der Waals surface area contributed by atoms with Gasteiger partial charge in [0.15, 0.2) is 0 Å². The summed E-state index contributed by atoms with van der Waals surface area (Å²) in [6, 6.07) is 4.30. The molecule has 3 atom stereocenters. The third-order valence-electron chi connectivity index (χ3n) is 8.95. The van der Waals surface area contributed by atoms with Crippen LogP contribution in [0.4, 0.5) is 5.95 Å². The van der Waals surface area contributed by atoms with E-state index in [9.17, 15) is 9.90 Å². The summed E-state index contributed by atoms with van der Waals surface area (Å²) in [5.74, 6) is 1.43. The van der Waals surface area contributed by atoms with Gasteiger partial charge in [0.25, 0.3) is 0 Å². The molecule has 1 aliphatic carbocycles. The molecule has 1 saturated carbocycles. The maximum Gasteiger partial charge on any atom is 0.321 e. The Morgan fingerprint density at radius 3 is 2.54 bits per heavy atom. The van der Waals surface area contributed by atoms with Gasteiger partial charge in [0, 0.05) is 63.6 Å². The van der Waals surface area contributed by atoms with Crippen molar-refractivity contribution in [1.82, 2.24) is 19.8 Å². The molecule has 0 bridgehead atoms. The van der Waals surface area contributed by atoms with Crippen LogP contribution in [0, 0.1) is 11.8 Å². The standard InChI is InChI=1S/C29H43N5O2S/c1-2-14-34(29-30-12-6-13-31-29)25-9-15-32(16-10-25)18-24-19-33(20-26(24)23-11-17-37-21-23)27(28(35)36)22-7-4-3-5-8-22/h6,11-13,17,21-22,24-27H,2-5,7-10,14-16,18-20H2,1H3,(H,35,36)/t24-,26+,27+/m0/s1. The van der Waals surface area contributed by atoms with Crippen LogP contribution < -0.4 is 4.90 Å². The molecular formula is C29H43N5O2S. The minimum absolute atomic E-state index is 0.300. The summed E-state index contributed by atoms with van der Waals surface area (Å²) >= 11 is 1.76. The van der Waals surface area contributed by atoms with E-state index in [1.54, 1.807) is 11.3 Å². The smallest absolute Gasteiger partial charge is 0.321 e. The van der Waals surface area contributed by atoms with Gasteiger partial charge in [-0.25, -0.2) is 9.97 Å². The third-order valence-corrected chi connectivity index (χ3v) is 9.65. The minimum Gasteiger partial charge on any atom is -0.480 e. The normalized spacial score (nSPS) is 25.3. The topological polar surface area (TPSA) is 72.8 Å². The number of piperidine rings is 1. The molecule has 2 aliphatic heterocycles. The SMILES string of the molecule is CCCN(c1ncccn1)C1CCN(C[C@H]2CN([C@@H](C(=O)O)C3CCCCC3)C[C@@H]2c2ccsc2)CC1. The molecule has 2 saturated heterocycles. The van der Waals surface area contributed by atoms with Crippen LogP contribution in [0.5, 0.6) is 0 Å². The van der Waals surface area contributed by atoms with Crippen LogP contribution in [0.3, 0.4) is 0 Å². The molecule has 0 radical (unpaired) electrons.